The number of ether oxygens (including phenoxy) is 2. The van der Waals surface area contributed by atoms with Gasteiger partial charge in [-0.1, -0.05) is 242 Å². The number of allylic oxidation sites excluding steroid dienone is 8. The average molecular weight is 868 g/mol. The van der Waals surface area contributed by atoms with Gasteiger partial charge in [-0.2, -0.15) is 0 Å². The smallest absolute Gasteiger partial charge is 0.305 e. The minimum Gasteiger partial charge on any atom is -0.464 e. The molecule has 0 spiro atoms. The summed E-state index contributed by atoms with van der Waals surface area (Å²) < 4.78 is 10.9. The Morgan fingerprint density at radius 3 is 0.823 bits per heavy atom. The minimum absolute atomic E-state index is 0.101. The first-order chi connectivity index (χ1) is 30.6. The lowest BCUT2D eigenvalue weighted by atomic mass is 10.1. The highest BCUT2D eigenvalue weighted by Gasteiger charge is 2.07. The summed E-state index contributed by atoms with van der Waals surface area (Å²) in [4.78, 5) is 26.3. The summed E-state index contributed by atoms with van der Waals surface area (Å²) in [6.45, 7) is 6.65. The average Bonchev–Trinajstić information content (AvgIpc) is 3.27. The fourth-order valence-electron chi connectivity index (χ4n) is 7.92. The van der Waals surface area contributed by atoms with E-state index in [0.29, 0.717) is 39.1 Å². The summed E-state index contributed by atoms with van der Waals surface area (Å²) in [5.41, 5.74) is 0. The predicted molar refractivity (Wildman–Crippen MR) is 272 cm³/mol. The molecular weight excluding hydrogens is 763 g/mol. The molecule has 0 heterocycles. The quantitative estimate of drug-likeness (QED) is 0.0346. The number of likely N-dealkylation sites (N-methyl/N-ethyl adjacent to an activating group) is 1. The van der Waals surface area contributed by atoms with Crippen LogP contribution in [0.2, 0.25) is 0 Å². The van der Waals surface area contributed by atoms with Crippen LogP contribution in [-0.4, -0.2) is 50.2 Å². The second-order valence-corrected chi connectivity index (χ2v) is 18.4. The fraction of sp³-hybridized carbons (Fsp3) is 0.825. The molecule has 0 saturated heterocycles. The van der Waals surface area contributed by atoms with Gasteiger partial charge >= 0.3 is 11.9 Å². The van der Waals surface area contributed by atoms with Gasteiger partial charge in [0.1, 0.15) is 13.2 Å². The van der Waals surface area contributed by atoms with E-state index >= 15 is 0 Å². The van der Waals surface area contributed by atoms with Crippen LogP contribution in [-0.2, 0) is 19.1 Å². The van der Waals surface area contributed by atoms with E-state index in [1.807, 2.05) is 7.05 Å². The standard InChI is InChI=1S/C57H105NO4/c1-4-6-8-10-12-14-16-18-20-22-24-26-28-30-32-34-36-38-40-42-44-46-48-50-56(59)61-54-52-58(3)53-55-62-57(60)51-49-47-45-43-41-39-37-35-33-31-29-27-25-23-21-19-17-15-13-11-9-7-5-2/h28-35H,4-27,36-55H2,1-3H3/b30-28+,31-29+,34-32+,35-33+. The van der Waals surface area contributed by atoms with Crippen molar-refractivity contribution in [2.24, 2.45) is 0 Å². The third-order valence-electron chi connectivity index (χ3n) is 12.2. The number of rotatable bonds is 50. The number of hydrogen-bond acceptors (Lipinski definition) is 5. The normalized spacial score (nSPS) is 12.1. The molecule has 0 fully saturated rings. The molecule has 0 rings (SSSR count). The number of carbonyl (C=O) groups excluding carboxylic acids is 2. The molecule has 0 amide bonds. The molecular formula is C57H105NO4. The zero-order valence-electron chi connectivity index (χ0n) is 41.8. The number of hydrogen-bond donors (Lipinski definition) is 0. The second-order valence-electron chi connectivity index (χ2n) is 18.4. The Morgan fingerprint density at radius 1 is 0.339 bits per heavy atom. The Morgan fingerprint density at radius 2 is 0.565 bits per heavy atom. The zero-order chi connectivity index (χ0) is 44.9. The van der Waals surface area contributed by atoms with Crippen molar-refractivity contribution in [2.75, 3.05) is 33.4 Å². The van der Waals surface area contributed by atoms with Gasteiger partial charge in [0.05, 0.1) is 0 Å². The van der Waals surface area contributed by atoms with Crippen molar-refractivity contribution < 1.29 is 19.1 Å². The minimum atomic E-state index is -0.101. The van der Waals surface area contributed by atoms with Gasteiger partial charge in [0.15, 0.2) is 0 Å². The lowest BCUT2D eigenvalue weighted by molar-refractivity contribution is -0.144. The van der Waals surface area contributed by atoms with Crippen molar-refractivity contribution in [3.05, 3.63) is 48.6 Å². The maximum absolute atomic E-state index is 12.1. The first-order valence-electron chi connectivity index (χ1n) is 27.2. The molecule has 0 aliphatic rings. The molecule has 362 valence electrons. The molecule has 5 nitrogen and oxygen atoms in total. The second kappa shape index (κ2) is 53.2. The number of nitrogens with zero attached hydrogens (tertiary/aromatic N) is 1. The molecule has 0 N–H and O–H groups in total. The largest absolute Gasteiger partial charge is 0.464 e. The van der Waals surface area contributed by atoms with E-state index in [2.05, 4.69) is 67.4 Å². The third-order valence-corrected chi connectivity index (χ3v) is 12.2. The van der Waals surface area contributed by atoms with Crippen LogP contribution in [0.15, 0.2) is 48.6 Å². The monoisotopic (exact) mass is 868 g/mol. The van der Waals surface area contributed by atoms with Gasteiger partial charge in [-0.25, -0.2) is 0 Å². The summed E-state index contributed by atoms with van der Waals surface area (Å²) >= 11 is 0. The van der Waals surface area contributed by atoms with Gasteiger partial charge in [-0.3, -0.25) is 14.5 Å². The molecule has 0 atom stereocenters. The summed E-state index contributed by atoms with van der Waals surface area (Å²) in [5.74, 6) is -0.202. The van der Waals surface area contributed by atoms with Crippen LogP contribution in [0.5, 0.6) is 0 Å². The van der Waals surface area contributed by atoms with Crippen LogP contribution in [0, 0.1) is 0 Å². The number of unbranched alkanes of at least 4 members (excludes halogenated alkanes) is 34. The van der Waals surface area contributed by atoms with Crippen molar-refractivity contribution in [1.82, 2.24) is 4.90 Å². The molecule has 0 aromatic heterocycles. The molecule has 0 aromatic rings. The third kappa shape index (κ3) is 52.2. The fourth-order valence-corrected chi connectivity index (χ4v) is 7.92. The van der Waals surface area contributed by atoms with Crippen molar-refractivity contribution in [1.29, 1.82) is 0 Å². The van der Waals surface area contributed by atoms with Gasteiger partial charge in [0, 0.05) is 25.9 Å². The van der Waals surface area contributed by atoms with Crippen LogP contribution in [0.4, 0.5) is 0 Å². The number of carbonyl (C=O) groups is 2. The Hall–Kier alpha value is -2.14. The van der Waals surface area contributed by atoms with Gasteiger partial charge < -0.3 is 9.47 Å². The highest BCUT2D eigenvalue weighted by atomic mass is 16.5. The van der Waals surface area contributed by atoms with Crippen LogP contribution < -0.4 is 0 Å². The Bertz CT molecular complexity index is 952. The van der Waals surface area contributed by atoms with Crippen molar-refractivity contribution in [2.45, 2.75) is 271 Å². The predicted octanol–water partition coefficient (Wildman–Crippen LogP) is 17.9. The van der Waals surface area contributed by atoms with Gasteiger partial charge in [0.25, 0.3) is 0 Å². The molecule has 0 aliphatic carbocycles. The maximum Gasteiger partial charge on any atom is 0.305 e. The van der Waals surface area contributed by atoms with E-state index in [1.165, 1.54) is 205 Å². The first-order valence-corrected chi connectivity index (χ1v) is 27.2. The van der Waals surface area contributed by atoms with E-state index < -0.39 is 0 Å². The molecule has 0 radical (unpaired) electrons. The zero-order valence-corrected chi connectivity index (χ0v) is 41.8. The summed E-state index contributed by atoms with van der Waals surface area (Å²) in [7, 11) is 1.97. The Labute approximate surface area is 387 Å². The van der Waals surface area contributed by atoms with E-state index in [0.717, 1.165) is 38.5 Å². The molecule has 0 unspecified atom stereocenters. The van der Waals surface area contributed by atoms with E-state index in [9.17, 15) is 9.59 Å². The van der Waals surface area contributed by atoms with Crippen LogP contribution in [0.1, 0.15) is 271 Å². The first kappa shape index (κ1) is 59.9. The molecule has 0 aromatic carbocycles. The molecule has 0 bridgehead atoms. The molecule has 62 heavy (non-hydrogen) atoms. The van der Waals surface area contributed by atoms with Gasteiger partial charge in [-0.15, -0.1) is 0 Å². The van der Waals surface area contributed by atoms with Crippen LogP contribution in [0.25, 0.3) is 0 Å². The molecule has 5 heteroatoms. The Balaban J connectivity index is 3.43. The van der Waals surface area contributed by atoms with Crippen molar-refractivity contribution in [3.8, 4) is 0 Å². The number of esters is 2. The molecule has 0 saturated carbocycles. The SMILES string of the molecule is CCCCCCCCCCCCC/C=C/C=C/CCCCCCCCC(=O)OCCN(C)CCOC(=O)CCCCCCCC/C=C/C=C/CCCCCCCCCCCCC. The van der Waals surface area contributed by atoms with Crippen LogP contribution >= 0.6 is 0 Å². The highest BCUT2D eigenvalue weighted by Crippen LogP contribution is 2.15. The van der Waals surface area contributed by atoms with E-state index in [1.54, 1.807) is 0 Å². The van der Waals surface area contributed by atoms with Gasteiger partial charge in [0.2, 0.25) is 0 Å². The van der Waals surface area contributed by atoms with E-state index in [-0.39, 0.29) is 11.9 Å². The van der Waals surface area contributed by atoms with Crippen molar-refractivity contribution in [3.63, 3.8) is 0 Å². The summed E-state index contributed by atoms with van der Waals surface area (Å²) in [6.07, 6.45) is 68.7. The van der Waals surface area contributed by atoms with E-state index in [4.69, 9.17) is 9.47 Å². The lowest BCUT2D eigenvalue weighted by Crippen LogP contribution is -2.28. The topological polar surface area (TPSA) is 55.8 Å². The lowest BCUT2D eigenvalue weighted by Gasteiger charge is -2.16. The molecule has 0 aliphatic heterocycles. The van der Waals surface area contributed by atoms with Crippen molar-refractivity contribution >= 4 is 11.9 Å². The highest BCUT2D eigenvalue weighted by molar-refractivity contribution is 5.69. The maximum atomic E-state index is 12.1. The van der Waals surface area contributed by atoms with Gasteiger partial charge in [-0.05, 0) is 71.3 Å². The van der Waals surface area contributed by atoms with Crippen LogP contribution in [0.3, 0.4) is 0 Å². The summed E-state index contributed by atoms with van der Waals surface area (Å²) in [6, 6.07) is 0. The Kier molecular flexibility index (Phi) is 51.4. The summed E-state index contributed by atoms with van der Waals surface area (Å²) in [5, 5.41) is 0.